The Bertz CT molecular complexity index is 778. The summed E-state index contributed by atoms with van der Waals surface area (Å²) in [5.41, 5.74) is 3.10. The van der Waals surface area contributed by atoms with Crippen molar-refractivity contribution in [2.75, 3.05) is 7.11 Å². The molecule has 0 aliphatic rings. The number of aromatic nitrogens is 2. The average molecular weight is 287 g/mol. The van der Waals surface area contributed by atoms with Crippen molar-refractivity contribution in [1.29, 1.82) is 0 Å². The molecule has 1 N–H and O–H groups in total. The SMILES string of the molecule is COC(=O)c1ccc(-c2ncc(Cl)c3[nH]ccc23)cc1. The first-order chi connectivity index (χ1) is 9.70. The third kappa shape index (κ3) is 2.04. The van der Waals surface area contributed by atoms with E-state index < -0.39 is 0 Å². The molecule has 20 heavy (non-hydrogen) atoms. The van der Waals surface area contributed by atoms with Crippen LogP contribution in [0, 0.1) is 0 Å². The van der Waals surface area contributed by atoms with Crippen molar-refractivity contribution in [1.82, 2.24) is 9.97 Å². The lowest BCUT2D eigenvalue weighted by molar-refractivity contribution is 0.0601. The van der Waals surface area contributed by atoms with Crippen LogP contribution in [0.3, 0.4) is 0 Å². The van der Waals surface area contributed by atoms with Crippen molar-refractivity contribution in [2.45, 2.75) is 0 Å². The highest BCUT2D eigenvalue weighted by atomic mass is 35.5. The molecule has 0 amide bonds. The molecule has 4 nitrogen and oxygen atoms in total. The number of hydrogen-bond acceptors (Lipinski definition) is 3. The summed E-state index contributed by atoms with van der Waals surface area (Å²) >= 11 is 6.09. The van der Waals surface area contributed by atoms with Gasteiger partial charge in [0.05, 0.1) is 28.9 Å². The molecule has 3 aromatic rings. The number of nitrogens with zero attached hydrogens (tertiary/aromatic N) is 1. The number of carbonyl (C=O) groups is 1. The van der Waals surface area contributed by atoms with Crippen LogP contribution in [0.1, 0.15) is 10.4 Å². The van der Waals surface area contributed by atoms with Gasteiger partial charge in [-0.15, -0.1) is 0 Å². The van der Waals surface area contributed by atoms with Crippen LogP contribution in [0.4, 0.5) is 0 Å². The normalized spacial score (nSPS) is 10.7. The maximum atomic E-state index is 11.4. The number of fused-ring (bicyclic) bond motifs is 1. The van der Waals surface area contributed by atoms with Gasteiger partial charge in [-0.25, -0.2) is 4.79 Å². The fraction of sp³-hybridized carbons (Fsp3) is 0.0667. The first-order valence-electron chi connectivity index (χ1n) is 6.01. The number of pyridine rings is 1. The first kappa shape index (κ1) is 12.7. The van der Waals surface area contributed by atoms with E-state index in [9.17, 15) is 4.79 Å². The number of carbonyl (C=O) groups excluding carboxylic acids is 1. The van der Waals surface area contributed by atoms with Crippen LogP contribution < -0.4 is 0 Å². The highest BCUT2D eigenvalue weighted by Crippen LogP contribution is 2.30. The maximum absolute atomic E-state index is 11.4. The molecular formula is C15H11ClN2O2. The van der Waals surface area contributed by atoms with E-state index in [1.165, 1.54) is 7.11 Å². The fourth-order valence-corrected chi connectivity index (χ4v) is 2.34. The molecule has 100 valence electrons. The second-order valence-electron chi connectivity index (χ2n) is 4.29. The lowest BCUT2D eigenvalue weighted by Crippen LogP contribution is -2.00. The zero-order chi connectivity index (χ0) is 14.1. The van der Waals surface area contributed by atoms with Gasteiger partial charge in [0.1, 0.15) is 0 Å². The fourth-order valence-electron chi connectivity index (χ4n) is 2.13. The lowest BCUT2D eigenvalue weighted by atomic mass is 10.1. The van der Waals surface area contributed by atoms with Crippen molar-refractivity contribution in [3.8, 4) is 11.3 Å². The number of esters is 1. The van der Waals surface area contributed by atoms with Crippen LogP contribution >= 0.6 is 11.6 Å². The Labute approximate surface area is 120 Å². The largest absolute Gasteiger partial charge is 0.465 e. The molecule has 0 aliphatic heterocycles. The topological polar surface area (TPSA) is 55.0 Å². The quantitative estimate of drug-likeness (QED) is 0.731. The van der Waals surface area contributed by atoms with Crippen molar-refractivity contribution in [2.24, 2.45) is 0 Å². The van der Waals surface area contributed by atoms with E-state index in [-0.39, 0.29) is 5.97 Å². The molecule has 1 aromatic carbocycles. The van der Waals surface area contributed by atoms with E-state index in [1.54, 1.807) is 18.3 Å². The minimum atomic E-state index is -0.354. The standard InChI is InChI=1S/C15H11ClN2O2/c1-20-15(19)10-4-2-9(3-5-10)13-11-6-7-17-14(11)12(16)8-18-13/h2-8,17H,1H3. The summed E-state index contributed by atoms with van der Waals surface area (Å²) in [7, 11) is 1.36. The number of rotatable bonds is 2. The number of halogens is 1. The van der Waals surface area contributed by atoms with Gasteiger partial charge in [-0.1, -0.05) is 23.7 Å². The van der Waals surface area contributed by atoms with Gasteiger partial charge in [-0.05, 0) is 18.2 Å². The number of methoxy groups -OCH3 is 1. The predicted molar refractivity (Wildman–Crippen MR) is 77.9 cm³/mol. The highest BCUT2D eigenvalue weighted by Gasteiger charge is 2.10. The monoisotopic (exact) mass is 286 g/mol. The Morgan fingerprint density at radius 3 is 2.70 bits per heavy atom. The van der Waals surface area contributed by atoms with E-state index in [0.29, 0.717) is 10.6 Å². The van der Waals surface area contributed by atoms with Crippen molar-refractivity contribution in [3.63, 3.8) is 0 Å². The van der Waals surface area contributed by atoms with Crippen LogP contribution in [0.25, 0.3) is 22.2 Å². The third-order valence-electron chi connectivity index (χ3n) is 3.13. The van der Waals surface area contributed by atoms with Crippen molar-refractivity contribution < 1.29 is 9.53 Å². The summed E-state index contributed by atoms with van der Waals surface area (Å²) < 4.78 is 4.68. The first-order valence-corrected chi connectivity index (χ1v) is 6.39. The molecule has 0 unspecified atom stereocenters. The Kier molecular flexibility index (Phi) is 3.16. The Hall–Kier alpha value is -2.33. The van der Waals surface area contributed by atoms with Gasteiger partial charge in [0.2, 0.25) is 0 Å². The minimum Gasteiger partial charge on any atom is -0.465 e. The Balaban J connectivity index is 2.09. The van der Waals surface area contributed by atoms with Gasteiger partial charge >= 0.3 is 5.97 Å². The highest BCUT2D eigenvalue weighted by molar-refractivity contribution is 6.35. The molecule has 0 bridgehead atoms. The third-order valence-corrected chi connectivity index (χ3v) is 3.41. The molecule has 0 saturated heterocycles. The van der Waals surface area contributed by atoms with E-state index in [0.717, 1.165) is 22.2 Å². The van der Waals surface area contributed by atoms with Gasteiger partial charge in [0.15, 0.2) is 0 Å². The van der Waals surface area contributed by atoms with E-state index in [1.807, 2.05) is 24.4 Å². The lowest BCUT2D eigenvalue weighted by Gasteiger charge is -2.05. The summed E-state index contributed by atoms with van der Waals surface area (Å²) in [4.78, 5) is 18.9. The van der Waals surface area contributed by atoms with Crippen LogP contribution in [0.15, 0.2) is 42.7 Å². The molecule has 0 atom stereocenters. The molecule has 0 spiro atoms. The molecule has 2 heterocycles. The summed E-state index contributed by atoms with van der Waals surface area (Å²) in [5, 5.41) is 1.53. The average Bonchev–Trinajstić information content (AvgIpc) is 2.97. The molecule has 5 heteroatoms. The van der Waals surface area contributed by atoms with Crippen molar-refractivity contribution >= 4 is 28.5 Å². The number of aromatic amines is 1. The van der Waals surface area contributed by atoms with E-state index >= 15 is 0 Å². The van der Waals surface area contributed by atoms with E-state index in [4.69, 9.17) is 11.6 Å². The molecule has 0 radical (unpaired) electrons. The maximum Gasteiger partial charge on any atom is 0.337 e. The van der Waals surface area contributed by atoms with Crippen molar-refractivity contribution in [3.05, 3.63) is 53.3 Å². The summed E-state index contributed by atoms with van der Waals surface area (Å²) in [6, 6.07) is 9.05. The second kappa shape index (κ2) is 4.98. The summed E-state index contributed by atoms with van der Waals surface area (Å²) in [6.07, 6.45) is 3.44. The molecule has 2 aromatic heterocycles. The summed E-state index contributed by atoms with van der Waals surface area (Å²) in [6.45, 7) is 0. The Morgan fingerprint density at radius 1 is 1.25 bits per heavy atom. The smallest absolute Gasteiger partial charge is 0.337 e. The van der Waals surface area contributed by atoms with Gasteiger partial charge in [-0.2, -0.15) is 0 Å². The van der Waals surface area contributed by atoms with Gasteiger partial charge < -0.3 is 9.72 Å². The molecule has 0 fully saturated rings. The Morgan fingerprint density at radius 2 is 2.00 bits per heavy atom. The zero-order valence-electron chi connectivity index (χ0n) is 10.7. The van der Waals surface area contributed by atoms with Gasteiger partial charge in [-0.3, -0.25) is 4.98 Å². The van der Waals surface area contributed by atoms with Crippen LogP contribution in [0.2, 0.25) is 5.02 Å². The molecule has 3 rings (SSSR count). The second-order valence-corrected chi connectivity index (χ2v) is 4.70. The number of H-pyrrole nitrogens is 1. The molecule has 0 aliphatic carbocycles. The predicted octanol–water partition coefficient (Wildman–Crippen LogP) is 3.67. The number of nitrogens with one attached hydrogen (secondary N) is 1. The minimum absolute atomic E-state index is 0.354. The molecular weight excluding hydrogens is 276 g/mol. The summed E-state index contributed by atoms with van der Waals surface area (Å²) in [5.74, 6) is -0.354. The van der Waals surface area contributed by atoms with Gasteiger partial charge in [0, 0.05) is 23.3 Å². The van der Waals surface area contributed by atoms with Crippen LogP contribution in [-0.4, -0.2) is 23.0 Å². The van der Waals surface area contributed by atoms with E-state index in [2.05, 4.69) is 14.7 Å². The molecule has 0 saturated carbocycles. The number of benzene rings is 1. The van der Waals surface area contributed by atoms with Crippen LogP contribution in [-0.2, 0) is 4.74 Å². The van der Waals surface area contributed by atoms with Gasteiger partial charge in [0.25, 0.3) is 0 Å². The zero-order valence-corrected chi connectivity index (χ0v) is 11.4. The van der Waals surface area contributed by atoms with Crippen LogP contribution in [0.5, 0.6) is 0 Å². The number of hydrogen-bond donors (Lipinski definition) is 1. The number of ether oxygens (including phenoxy) is 1.